The smallest absolute Gasteiger partial charge is 0.0120 e. The van der Waals surface area contributed by atoms with Gasteiger partial charge in [0, 0.05) is 0 Å². The van der Waals surface area contributed by atoms with E-state index in [1.807, 2.05) is 0 Å². The van der Waals surface area contributed by atoms with E-state index in [0.29, 0.717) is 0 Å². The molecule has 0 unspecified atom stereocenters. The lowest BCUT2D eigenvalue weighted by Crippen LogP contribution is -1.98. The van der Waals surface area contributed by atoms with Gasteiger partial charge in [-0.3, -0.25) is 0 Å². The van der Waals surface area contributed by atoms with Gasteiger partial charge in [-0.15, -0.1) is 0 Å². The molecular weight excluding hydrogens is 204 g/mol. The van der Waals surface area contributed by atoms with E-state index in [0.717, 1.165) is 6.42 Å². The average molecular weight is 224 g/mol. The predicted octanol–water partition coefficient (Wildman–Crippen LogP) is 4.84. The minimum atomic E-state index is 1.10. The molecule has 0 N–H and O–H groups in total. The monoisotopic (exact) mass is 224 g/mol. The first-order chi connectivity index (χ1) is 8.15. The van der Waals surface area contributed by atoms with Gasteiger partial charge in [0.2, 0.25) is 0 Å². The maximum absolute atomic E-state index is 2.30. The number of aryl methyl sites for hydroxylation is 2. The summed E-state index contributed by atoms with van der Waals surface area (Å²) in [4.78, 5) is 0. The second-order valence-electron chi connectivity index (χ2n) is 4.71. The Morgan fingerprint density at radius 3 is 2.12 bits per heavy atom. The first-order valence-corrected chi connectivity index (χ1v) is 6.30. The highest BCUT2D eigenvalue weighted by Crippen LogP contribution is 2.31. The second kappa shape index (κ2) is 4.75. The number of rotatable bonds is 2. The van der Waals surface area contributed by atoms with Crippen LogP contribution in [0.15, 0.2) is 36.4 Å². The van der Waals surface area contributed by atoms with Crippen molar-refractivity contribution in [2.45, 2.75) is 34.1 Å². The molecule has 0 aliphatic rings. The van der Waals surface area contributed by atoms with Crippen LogP contribution in [0.25, 0.3) is 11.1 Å². The van der Waals surface area contributed by atoms with E-state index >= 15 is 0 Å². The molecule has 0 atom stereocenters. The molecule has 0 amide bonds. The van der Waals surface area contributed by atoms with E-state index in [9.17, 15) is 0 Å². The molecule has 0 bridgehead atoms. The minimum absolute atomic E-state index is 1.10. The molecule has 2 aromatic rings. The van der Waals surface area contributed by atoms with Gasteiger partial charge in [-0.25, -0.2) is 0 Å². The molecular formula is C17H20. The highest BCUT2D eigenvalue weighted by atomic mass is 14.2. The van der Waals surface area contributed by atoms with E-state index in [1.165, 1.54) is 33.4 Å². The summed E-state index contributed by atoms with van der Waals surface area (Å²) in [6.07, 6.45) is 1.10. The molecule has 0 radical (unpaired) electrons. The average Bonchev–Trinajstić information content (AvgIpc) is 2.34. The molecule has 2 rings (SSSR count). The molecule has 0 heterocycles. The number of hydrogen-bond acceptors (Lipinski definition) is 0. The first kappa shape index (κ1) is 11.9. The van der Waals surface area contributed by atoms with Gasteiger partial charge < -0.3 is 0 Å². The van der Waals surface area contributed by atoms with Crippen LogP contribution in [-0.4, -0.2) is 0 Å². The SMILES string of the molecule is CCc1c(C)c(C)cc(C)c1-c1ccccc1. The maximum Gasteiger partial charge on any atom is -0.0120 e. The van der Waals surface area contributed by atoms with E-state index < -0.39 is 0 Å². The van der Waals surface area contributed by atoms with Crippen molar-refractivity contribution in [1.29, 1.82) is 0 Å². The fourth-order valence-electron chi connectivity index (χ4n) is 2.62. The first-order valence-electron chi connectivity index (χ1n) is 6.30. The van der Waals surface area contributed by atoms with E-state index in [1.54, 1.807) is 0 Å². The molecule has 2 aromatic carbocycles. The molecule has 88 valence electrons. The van der Waals surface area contributed by atoms with Crippen LogP contribution in [0.3, 0.4) is 0 Å². The molecule has 17 heavy (non-hydrogen) atoms. The Hall–Kier alpha value is -1.56. The Kier molecular flexibility index (Phi) is 3.33. The predicted molar refractivity (Wildman–Crippen MR) is 75.5 cm³/mol. The van der Waals surface area contributed by atoms with Crippen molar-refractivity contribution >= 4 is 0 Å². The fourth-order valence-corrected chi connectivity index (χ4v) is 2.62. The van der Waals surface area contributed by atoms with Crippen molar-refractivity contribution in [3.05, 3.63) is 58.7 Å². The van der Waals surface area contributed by atoms with Crippen molar-refractivity contribution in [3.8, 4) is 11.1 Å². The van der Waals surface area contributed by atoms with Gasteiger partial charge >= 0.3 is 0 Å². The van der Waals surface area contributed by atoms with Crippen molar-refractivity contribution in [3.63, 3.8) is 0 Å². The summed E-state index contributed by atoms with van der Waals surface area (Å²) in [6.45, 7) is 8.90. The summed E-state index contributed by atoms with van der Waals surface area (Å²) in [5, 5.41) is 0. The lowest BCUT2D eigenvalue weighted by molar-refractivity contribution is 1.09. The zero-order valence-corrected chi connectivity index (χ0v) is 11.2. The topological polar surface area (TPSA) is 0 Å². The summed E-state index contributed by atoms with van der Waals surface area (Å²) in [7, 11) is 0. The van der Waals surface area contributed by atoms with Gasteiger partial charge in [0.05, 0.1) is 0 Å². The molecule has 0 saturated carbocycles. The Morgan fingerprint density at radius 2 is 1.53 bits per heavy atom. The van der Waals surface area contributed by atoms with Crippen molar-refractivity contribution in [2.24, 2.45) is 0 Å². The number of hydrogen-bond donors (Lipinski definition) is 0. The zero-order chi connectivity index (χ0) is 12.4. The zero-order valence-electron chi connectivity index (χ0n) is 11.2. The normalized spacial score (nSPS) is 10.6. The molecule has 0 fully saturated rings. The Labute approximate surface area is 104 Å². The Morgan fingerprint density at radius 1 is 0.882 bits per heavy atom. The van der Waals surface area contributed by atoms with Crippen LogP contribution in [-0.2, 0) is 6.42 Å². The van der Waals surface area contributed by atoms with E-state index in [4.69, 9.17) is 0 Å². The van der Waals surface area contributed by atoms with E-state index in [-0.39, 0.29) is 0 Å². The molecule has 0 saturated heterocycles. The van der Waals surface area contributed by atoms with Crippen LogP contribution in [0.4, 0.5) is 0 Å². The summed E-state index contributed by atoms with van der Waals surface area (Å²) in [6, 6.07) is 13.0. The summed E-state index contributed by atoms with van der Waals surface area (Å²) in [5.41, 5.74) is 8.49. The van der Waals surface area contributed by atoms with Crippen LogP contribution in [0.2, 0.25) is 0 Å². The largest absolute Gasteiger partial charge is 0.0622 e. The Balaban J connectivity index is 2.73. The standard InChI is InChI=1S/C17H20/c1-5-16-14(4)12(2)11-13(3)17(16)15-9-7-6-8-10-15/h6-11H,5H2,1-4H3. The lowest BCUT2D eigenvalue weighted by Gasteiger charge is -2.17. The van der Waals surface area contributed by atoms with Crippen molar-refractivity contribution < 1.29 is 0 Å². The molecule has 0 aliphatic heterocycles. The number of benzene rings is 2. The quantitative estimate of drug-likeness (QED) is 0.684. The van der Waals surface area contributed by atoms with Crippen LogP contribution in [0, 0.1) is 20.8 Å². The summed E-state index contributed by atoms with van der Waals surface area (Å²) < 4.78 is 0. The molecule has 0 aromatic heterocycles. The van der Waals surface area contributed by atoms with Crippen LogP contribution < -0.4 is 0 Å². The highest BCUT2D eigenvalue weighted by molar-refractivity contribution is 5.73. The summed E-state index contributed by atoms with van der Waals surface area (Å²) >= 11 is 0. The third-order valence-corrected chi connectivity index (χ3v) is 3.59. The Bertz CT molecular complexity index is 521. The van der Waals surface area contributed by atoms with Crippen molar-refractivity contribution in [1.82, 2.24) is 0 Å². The molecule has 0 spiro atoms. The second-order valence-corrected chi connectivity index (χ2v) is 4.71. The lowest BCUT2D eigenvalue weighted by atomic mass is 9.88. The van der Waals surface area contributed by atoms with Gasteiger partial charge in [-0.2, -0.15) is 0 Å². The third-order valence-electron chi connectivity index (χ3n) is 3.59. The molecule has 0 aliphatic carbocycles. The fraction of sp³-hybridized carbons (Fsp3) is 0.294. The molecule has 0 nitrogen and oxygen atoms in total. The van der Waals surface area contributed by atoms with Gasteiger partial charge in [-0.05, 0) is 60.6 Å². The van der Waals surface area contributed by atoms with Crippen LogP contribution in [0.1, 0.15) is 29.2 Å². The van der Waals surface area contributed by atoms with Crippen LogP contribution in [0.5, 0.6) is 0 Å². The minimum Gasteiger partial charge on any atom is -0.0622 e. The van der Waals surface area contributed by atoms with Gasteiger partial charge in [0.15, 0.2) is 0 Å². The summed E-state index contributed by atoms with van der Waals surface area (Å²) in [5.74, 6) is 0. The third kappa shape index (κ3) is 2.12. The van der Waals surface area contributed by atoms with Crippen LogP contribution >= 0.6 is 0 Å². The van der Waals surface area contributed by atoms with E-state index in [2.05, 4.69) is 64.1 Å². The van der Waals surface area contributed by atoms with Crippen molar-refractivity contribution in [2.75, 3.05) is 0 Å². The highest BCUT2D eigenvalue weighted by Gasteiger charge is 2.11. The maximum atomic E-state index is 2.30. The molecule has 0 heteroatoms. The van der Waals surface area contributed by atoms with Gasteiger partial charge in [0.25, 0.3) is 0 Å². The van der Waals surface area contributed by atoms with Gasteiger partial charge in [0.1, 0.15) is 0 Å². The van der Waals surface area contributed by atoms with Gasteiger partial charge in [-0.1, -0.05) is 43.3 Å².